The number of benzene rings is 1. The summed E-state index contributed by atoms with van der Waals surface area (Å²) in [7, 11) is -3.23. The normalized spacial score (nSPS) is 12.9. The number of ether oxygens (including phenoxy) is 1. The molecule has 1 amide bonds. The summed E-state index contributed by atoms with van der Waals surface area (Å²) in [6.45, 7) is 2.19. The van der Waals surface area contributed by atoms with E-state index in [-0.39, 0.29) is 25.2 Å². The zero-order chi connectivity index (χ0) is 15.0. The average molecular weight is 300 g/mol. The highest BCUT2D eigenvalue weighted by molar-refractivity contribution is 7.88. The highest BCUT2D eigenvalue weighted by Gasteiger charge is 2.09. The van der Waals surface area contributed by atoms with Crippen LogP contribution in [0.5, 0.6) is 0 Å². The zero-order valence-electron chi connectivity index (χ0n) is 11.6. The number of hydrogen-bond donors (Lipinski definition) is 2. The molecule has 112 valence electrons. The van der Waals surface area contributed by atoms with Crippen molar-refractivity contribution in [1.29, 1.82) is 0 Å². The molecule has 1 rings (SSSR count). The molecule has 1 aromatic rings. The van der Waals surface area contributed by atoms with E-state index in [0.29, 0.717) is 6.54 Å². The van der Waals surface area contributed by atoms with Crippen LogP contribution in [0.4, 0.5) is 0 Å². The van der Waals surface area contributed by atoms with Crippen molar-refractivity contribution < 1.29 is 17.9 Å². The van der Waals surface area contributed by atoms with Crippen LogP contribution in [-0.4, -0.2) is 39.8 Å². The van der Waals surface area contributed by atoms with Crippen LogP contribution < -0.4 is 10.0 Å². The molecule has 0 heterocycles. The Morgan fingerprint density at radius 3 is 2.55 bits per heavy atom. The van der Waals surface area contributed by atoms with E-state index in [4.69, 9.17) is 4.74 Å². The Hall–Kier alpha value is -1.44. The zero-order valence-corrected chi connectivity index (χ0v) is 12.4. The largest absolute Gasteiger partial charge is 0.367 e. The maximum atomic E-state index is 11.5. The standard InChI is InChI=1S/C13H20N2O4S/c1-11(8-15-20(2,17)18)19-10-13(16)14-9-12-6-4-3-5-7-12/h3-7,11,15H,8-10H2,1-2H3,(H,14,16)/t11-/m1/s1. The van der Waals surface area contributed by atoms with Gasteiger partial charge in [0.2, 0.25) is 15.9 Å². The molecule has 0 spiro atoms. The number of rotatable bonds is 8. The topological polar surface area (TPSA) is 84.5 Å². The summed E-state index contributed by atoms with van der Waals surface area (Å²) in [5, 5.41) is 2.72. The van der Waals surface area contributed by atoms with Crippen LogP contribution in [0.1, 0.15) is 12.5 Å². The van der Waals surface area contributed by atoms with Crippen LogP contribution >= 0.6 is 0 Å². The molecule has 0 saturated carbocycles. The molecule has 0 saturated heterocycles. The predicted octanol–water partition coefficient (Wildman–Crippen LogP) is 0.257. The van der Waals surface area contributed by atoms with Crippen molar-refractivity contribution in [2.24, 2.45) is 0 Å². The van der Waals surface area contributed by atoms with Gasteiger partial charge in [0.1, 0.15) is 6.61 Å². The van der Waals surface area contributed by atoms with Crippen molar-refractivity contribution in [3.8, 4) is 0 Å². The van der Waals surface area contributed by atoms with Crippen LogP contribution in [0, 0.1) is 0 Å². The van der Waals surface area contributed by atoms with E-state index in [1.807, 2.05) is 30.3 Å². The van der Waals surface area contributed by atoms with Gasteiger partial charge in [0.15, 0.2) is 0 Å². The van der Waals surface area contributed by atoms with Gasteiger partial charge < -0.3 is 10.1 Å². The number of carbonyl (C=O) groups excluding carboxylic acids is 1. The third-order valence-corrected chi connectivity index (χ3v) is 3.16. The Morgan fingerprint density at radius 2 is 1.95 bits per heavy atom. The molecule has 1 atom stereocenters. The SMILES string of the molecule is C[C@H](CNS(C)(=O)=O)OCC(=O)NCc1ccccc1. The monoisotopic (exact) mass is 300 g/mol. The van der Waals surface area contributed by atoms with Gasteiger partial charge in [-0.2, -0.15) is 0 Å². The molecule has 20 heavy (non-hydrogen) atoms. The molecule has 0 aliphatic rings. The number of amides is 1. The van der Waals surface area contributed by atoms with E-state index in [9.17, 15) is 13.2 Å². The third-order valence-electron chi connectivity index (χ3n) is 2.46. The second-order valence-corrected chi connectivity index (χ2v) is 6.34. The summed E-state index contributed by atoms with van der Waals surface area (Å²) in [6, 6.07) is 9.54. The first-order chi connectivity index (χ1) is 9.37. The number of nitrogens with one attached hydrogen (secondary N) is 2. The molecule has 0 bridgehead atoms. The minimum atomic E-state index is -3.23. The quantitative estimate of drug-likeness (QED) is 0.721. The molecule has 0 radical (unpaired) electrons. The highest BCUT2D eigenvalue weighted by Crippen LogP contribution is 1.97. The van der Waals surface area contributed by atoms with E-state index >= 15 is 0 Å². The van der Waals surface area contributed by atoms with Gasteiger partial charge in [0.05, 0.1) is 12.4 Å². The van der Waals surface area contributed by atoms with E-state index in [1.54, 1.807) is 6.92 Å². The van der Waals surface area contributed by atoms with Gasteiger partial charge in [-0.05, 0) is 12.5 Å². The van der Waals surface area contributed by atoms with Crippen molar-refractivity contribution in [1.82, 2.24) is 10.0 Å². The Labute approximate surface area is 119 Å². The Balaban J connectivity index is 2.19. The van der Waals surface area contributed by atoms with Gasteiger partial charge in [-0.25, -0.2) is 13.1 Å². The summed E-state index contributed by atoms with van der Waals surface area (Å²) < 4.78 is 29.3. The minimum absolute atomic E-state index is 0.0978. The molecule has 0 aliphatic heterocycles. The summed E-state index contributed by atoms with van der Waals surface area (Å²) in [6.07, 6.45) is 0.707. The van der Waals surface area contributed by atoms with Crippen molar-refractivity contribution in [2.45, 2.75) is 19.6 Å². The molecule has 0 aliphatic carbocycles. The van der Waals surface area contributed by atoms with Crippen LogP contribution in [0.25, 0.3) is 0 Å². The lowest BCUT2D eigenvalue weighted by Gasteiger charge is -2.13. The molecular formula is C13H20N2O4S. The Bertz CT molecular complexity index is 516. The lowest BCUT2D eigenvalue weighted by atomic mass is 10.2. The van der Waals surface area contributed by atoms with E-state index < -0.39 is 10.0 Å². The van der Waals surface area contributed by atoms with E-state index in [2.05, 4.69) is 10.0 Å². The summed E-state index contributed by atoms with van der Waals surface area (Å²) >= 11 is 0. The smallest absolute Gasteiger partial charge is 0.246 e. The molecule has 6 nitrogen and oxygen atoms in total. The first kappa shape index (κ1) is 16.6. The third kappa shape index (κ3) is 7.88. The molecule has 0 unspecified atom stereocenters. The molecule has 2 N–H and O–H groups in total. The minimum Gasteiger partial charge on any atom is -0.367 e. The van der Waals surface area contributed by atoms with Gasteiger partial charge in [0, 0.05) is 13.1 Å². The second-order valence-electron chi connectivity index (χ2n) is 4.50. The fraction of sp³-hybridized carbons (Fsp3) is 0.462. The molecule has 0 aromatic heterocycles. The van der Waals surface area contributed by atoms with E-state index in [0.717, 1.165) is 11.8 Å². The van der Waals surface area contributed by atoms with Crippen LogP contribution in [-0.2, 0) is 26.1 Å². The van der Waals surface area contributed by atoms with Crippen molar-refractivity contribution in [3.63, 3.8) is 0 Å². The fourth-order valence-corrected chi connectivity index (χ4v) is 1.93. The Morgan fingerprint density at radius 1 is 1.30 bits per heavy atom. The summed E-state index contributed by atoms with van der Waals surface area (Å²) in [5.41, 5.74) is 1.01. The van der Waals surface area contributed by atoms with Crippen molar-refractivity contribution in [2.75, 3.05) is 19.4 Å². The van der Waals surface area contributed by atoms with Crippen molar-refractivity contribution in [3.05, 3.63) is 35.9 Å². The number of carbonyl (C=O) groups is 1. The summed E-state index contributed by atoms with van der Waals surface area (Å²) in [5.74, 6) is -0.236. The van der Waals surface area contributed by atoms with Gasteiger partial charge in [-0.15, -0.1) is 0 Å². The van der Waals surface area contributed by atoms with Crippen LogP contribution in [0.2, 0.25) is 0 Å². The van der Waals surface area contributed by atoms with Gasteiger partial charge in [0.25, 0.3) is 0 Å². The number of hydrogen-bond acceptors (Lipinski definition) is 4. The number of sulfonamides is 1. The average Bonchev–Trinajstić information content (AvgIpc) is 2.41. The second kappa shape index (κ2) is 7.98. The van der Waals surface area contributed by atoms with Crippen LogP contribution in [0.15, 0.2) is 30.3 Å². The fourth-order valence-electron chi connectivity index (χ4n) is 1.39. The molecule has 0 fully saturated rings. The Kier molecular flexibility index (Phi) is 6.63. The maximum absolute atomic E-state index is 11.5. The lowest BCUT2D eigenvalue weighted by Crippen LogP contribution is -2.34. The molecular weight excluding hydrogens is 280 g/mol. The highest BCUT2D eigenvalue weighted by atomic mass is 32.2. The molecule has 1 aromatic carbocycles. The first-order valence-corrected chi connectivity index (χ1v) is 8.13. The predicted molar refractivity (Wildman–Crippen MR) is 76.5 cm³/mol. The van der Waals surface area contributed by atoms with Crippen molar-refractivity contribution >= 4 is 15.9 Å². The van der Waals surface area contributed by atoms with Gasteiger partial charge in [-0.1, -0.05) is 30.3 Å². The van der Waals surface area contributed by atoms with Gasteiger partial charge in [-0.3, -0.25) is 4.79 Å². The van der Waals surface area contributed by atoms with Crippen LogP contribution in [0.3, 0.4) is 0 Å². The summed E-state index contributed by atoms with van der Waals surface area (Å²) in [4.78, 5) is 11.5. The van der Waals surface area contributed by atoms with Gasteiger partial charge >= 0.3 is 0 Å². The molecule has 7 heteroatoms. The van der Waals surface area contributed by atoms with E-state index in [1.165, 1.54) is 0 Å². The first-order valence-electron chi connectivity index (χ1n) is 6.23. The maximum Gasteiger partial charge on any atom is 0.246 e. The lowest BCUT2D eigenvalue weighted by molar-refractivity contribution is -0.127.